The number of nitrogens with zero attached hydrogens (tertiary/aromatic N) is 4. The van der Waals surface area contributed by atoms with Crippen molar-refractivity contribution < 1.29 is 18.3 Å². The summed E-state index contributed by atoms with van der Waals surface area (Å²) in [5.41, 5.74) is 2.14. The number of benzene rings is 1. The molecule has 142 valence electrons. The molecule has 1 amide bonds. The molecular weight excluding hydrogens is 356 g/mol. The van der Waals surface area contributed by atoms with Crippen LogP contribution in [-0.2, 0) is 19.8 Å². The van der Waals surface area contributed by atoms with Gasteiger partial charge in [-0.05, 0) is 32.0 Å². The molecule has 0 aliphatic carbocycles. The quantitative estimate of drug-likeness (QED) is 0.689. The lowest BCUT2D eigenvalue weighted by atomic mass is 10.2. The highest BCUT2D eigenvalue weighted by atomic mass is 19.1. The summed E-state index contributed by atoms with van der Waals surface area (Å²) >= 11 is 0. The Morgan fingerprint density at radius 1 is 1.30 bits per heavy atom. The Kier molecular flexibility index (Phi) is 5.49. The topological polar surface area (TPSA) is 74.0 Å². The van der Waals surface area contributed by atoms with Crippen molar-refractivity contribution >= 4 is 5.91 Å². The van der Waals surface area contributed by atoms with Gasteiger partial charge in [0.2, 0.25) is 0 Å². The molecule has 2 aromatic heterocycles. The highest BCUT2D eigenvalue weighted by molar-refractivity contribution is 5.92. The van der Waals surface area contributed by atoms with Crippen molar-refractivity contribution in [2.45, 2.75) is 33.7 Å². The van der Waals surface area contributed by atoms with Crippen LogP contribution < -0.4 is 10.1 Å². The fourth-order valence-corrected chi connectivity index (χ4v) is 2.53. The lowest BCUT2D eigenvalue weighted by molar-refractivity contribution is 0.0943. The van der Waals surface area contributed by atoms with Gasteiger partial charge in [-0.3, -0.25) is 9.48 Å². The van der Waals surface area contributed by atoms with Gasteiger partial charge in [0.1, 0.15) is 11.5 Å². The van der Waals surface area contributed by atoms with Crippen LogP contribution in [0, 0.1) is 18.6 Å². The molecule has 3 rings (SSSR count). The molecule has 1 N–H and O–H groups in total. The maximum atomic E-state index is 13.5. The number of halogens is 2. The van der Waals surface area contributed by atoms with E-state index in [0.717, 1.165) is 29.9 Å². The van der Waals surface area contributed by atoms with E-state index < -0.39 is 11.6 Å². The number of carbonyl (C=O) groups excluding carboxylic acids is 1. The van der Waals surface area contributed by atoms with Gasteiger partial charge in [0.25, 0.3) is 5.91 Å². The molecule has 2 heterocycles. The molecule has 0 unspecified atom stereocenters. The maximum absolute atomic E-state index is 13.5. The molecule has 0 radical (unpaired) electrons. The summed E-state index contributed by atoms with van der Waals surface area (Å²) < 4.78 is 34.9. The molecular formula is C18H19F2N5O2. The van der Waals surface area contributed by atoms with E-state index in [1.54, 1.807) is 6.20 Å². The van der Waals surface area contributed by atoms with E-state index in [2.05, 4.69) is 15.5 Å². The first-order valence-corrected chi connectivity index (χ1v) is 8.38. The predicted octanol–water partition coefficient (Wildman–Crippen LogP) is 2.65. The van der Waals surface area contributed by atoms with Crippen LogP contribution >= 0.6 is 0 Å². The van der Waals surface area contributed by atoms with Gasteiger partial charge in [-0.25, -0.2) is 13.5 Å². The Morgan fingerprint density at radius 3 is 2.81 bits per heavy atom. The number of rotatable bonds is 7. The molecule has 0 fully saturated rings. The molecule has 1 aromatic carbocycles. The van der Waals surface area contributed by atoms with Crippen LogP contribution in [0.25, 0.3) is 0 Å². The Labute approximate surface area is 154 Å². The fourth-order valence-electron chi connectivity index (χ4n) is 2.53. The number of aromatic nitrogens is 4. The van der Waals surface area contributed by atoms with Gasteiger partial charge in [-0.1, -0.05) is 0 Å². The average Bonchev–Trinajstić information content (AvgIpc) is 3.26. The van der Waals surface area contributed by atoms with Crippen molar-refractivity contribution in [2.75, 3.05) is 0 Å². The standard InChI is InChI=1S/C18H19F2N5O2/c1-3-25-12(2)13(10-22-25)9-21-18(26)16-6-7-24(23-16)11-27-17-5-4-14(19)8-15(17)20/h4-8,10H,3,9,11H2,1-2H3,(H,21,26). The van der Waals surface area contributed by atoms with Gasteiger partial charge >= 0.3 is 0 Å². The number of hydrogen-bond acceptors (Lipinski definition) is 4. The van der Waals surface area contributed by atoms with Crippen LogP contribution in [0.15, 0.2) is 36.7 Å². The lowest BCUT2D eigenvalue weighted by Gasteiger charge is -2.07. The highest BCUT2D eigenvalue weighted by Crippen LogP contribution is 2.18. The van der Waals surface area contributed by atoms with Crippen molar-refractivity contribution in [3.63, 3.8) is 0 Å². The first-order chi connectivity index (χ1) is 13.0. The molecule has 0 aliphatic rings. The maximum Gasteiger partial charge on any atom is 0.272 e. The van der Waals surface area contributed by atoms with Crippen molar-refractivity contribution in [2.24, 2.45) is 0 Å². The van der Waals surface area contributed by atoms with E-state index in [9.17, 15) is 13.6 Å². The van der Waals surface area contributed by atoms with Gasteiger partial charge in [0, 0.05) is 36.6 Å². The number of ether oxygens (including phenoxy) is 1. The molecule has 0 saturated carbocycles. The summed E-state index contributed by atoms with van der Waals surface area (Å²) in [5, 5.41) is 11.1. The van der Waals surface area contributed by atoms with E-state index in [-0.39, 0.29) is 24.1 Å². The van der Waals surface area contributed by atoms with Crippen LogP contribution in [-0.4, -0.2) is 25.5 Å². The smallest absolute Gasteiger partial charge is 0.272 e. The molecule has 0 bridgehead atoms. The van der Waals surface area contributed by atoms with Gasteiger partial charge in [-0.15, -0.1) is 0 Å². The second-order valence-corrected chi connectivity index (χ2v) is 5.84. The molecule has 0 saturated heterocycles. The van der Waals surface area contributed by atoms with Gasteiger partial charge in [0.05, 0.1) is 6.20 Å². The van der Waals surface area contributed by atoms with Gasteiger partial charge < -0.3 is 10.1 Å². The van der Waals surface area contributed by atoms with E-state index in [4.69, 9.17) is 4.74 Å². The zero-order chi connectivity index (χ0) is 19.4. The number of carbonyl (C=O) groups is 1. The van der Waals surface area contributed by atoms with Crippen molar-refractivity contribution in [3.8, 4) is 5.75 Å². The fraction of sp³-hybridized carbons (Fsp3) is 0.278. The van der Waals surface area contributed by atoms with Crippen LogP contribution in [0.3, 0.4) is 0 Å². The summed E-state index contributed by atoms with van der Waals surface area (Å²) in [4.78, 5) is 12.2. The predicted molar refractivity (Wildman–Crippen MR) is 93.0 cm³/mol. The van der Waals surface area contributed by atoms with Crippen LogP contribution in [0.2, 0.25) is 0 Å². The second kappa shape index (κ2) is 7.98. The third kappa shape index (κ3) is 4.30. The second-order valence-electron chi connectivity index (χ2n) is 5.84. The summed E-state index contributed by atoms with van der Waals surface area (Å²) in [6, 6.07) is 4.56. The first kappa shape index (κ1) is 18.6. The summed E-state index contributed by atoms with van der Waals surface area (Å²) in [6.07, 6.45) is 3.26. The molecule has 9 heteroatoms. The van der Waals surface area contributed by atoms with Gasteiger partial charge in [-0.2, -0.15) is 10.2 Å². The van der Waals surface area contributed by atoms with E-state index >= 15 is 0 Å². The lowest BCUT2D eigenvalue weighted by Crippen LogP contribution is -2.24. The Bertz CT molecular complexity index is 951. The third-order valence-electron chi connectivity index (χ3n) is 4.06. The minimum absolute atomic E-state index is 0.0960. The van der Waals surface area contributed by atoms with Gasteiger partial charge in [0.15, 0.2) is 18.3 Å². The summed E-state index contributed by atoms with van der Waals surface area (Å²) in [6.45, 7) is 4.93. The summed E-state index contributed by atoms with van der Waals surface area (Å²) in [5.74, 6) is -1.92. The van der Waals surface area contributed by atoms with Crippen molar-refractivity contribution in [1.29, 1.82) is 0 Å². The molecule has 0 atom stereocenters. The van der Waals surface area contributed by atoms with E-state index in [0.29, 0.717) is 6.54 Å². The van der Waals surface area contributed by atoms with Crippen molar-refractivity contribution in [3.05, 3.63) is 65.2 Å². The number of amides is 1. The van der Waals surface area contributed by atoms with Crippen LogP contribution in [0.5, 0.6) is 5.75 Å². The number of nitrogens with one attached hydrogen (secondary N) is 1. The molecule has 7 nitrogen and oxygen atoms in total. The highest BCUT2D eigenvalue weighted by Gasteiger charge is 2.12. The largest absolute Gasteiger partial charge is 0.468 e. The minimum Gasteiger partial charge on any atom is -0.468 e. The zero-order valence-corrected chi connectivity index (χ0v) is 14.9. The number of aryl methyl sites for hydroxylation is 1. The minimum atomic E-state index is -0.803. The average molecular weight is 375 g/mol. The molecule has 3 aromatic rings. The molecule has 0 aliphatic heterocycles. The first-order valence-electron chi connectivity index (χ1n) is 8.38. The Morgan fingerprint density at radius 2 is 2.11 bits per heavy atom. The molecule has 0 spiro atoms. The third-order valence-corrected chi connectivity index (χ3v) is 4.06. The van der Waals surface area contributed by atoms with Crippen LogP contribution in [0.4, 0.5) is 8.78 Å². The number of hydrogen-bond donors (Lipinski definition) is 1. The molecule has 27 heavy (non-hydrogen) atoms. The SMILES string of the molecule is CCn1ncc(CNC(=O)c2ccn(COc3ccc(F)cc3F)n2)c1C. The van der Waals surface area contributed by atoms with E-state index in [1.807, 2.05) is 18.5 Å². The Hall–Kier alpha value is -3.23. The Balaban J connectivity index is 1.56. The summed E-state index contributed by atoms with van der Waals surface area (Å²) in [7, 11) is 0. The monoisotopic (exact) mass is 375 g/mol. The zero-order valence-electron chi connectivity index (χ0n) is 14.9. The normalized spacial score (nSPS) is 10.8. The van der Waals surface area contributed by atoms with Crippen molar-refractivity contribution in [1.82, 2.24) is 24.9 Å². The van der Waals surface area contributed by atoms with E-state index in [1.165, 1.54) is 23.0 Å². The van der Waals surface area contributed by atoms with Crippen LogP contribution in [0.1, 0.15) is 28.7 Å².